The summed E-state index contributed by atoms with van der Waals surface area (Å²) in [7, 11) is 0. The zero-order valence-corrected chi connectivity index (χ0v) is 18.8. The molecule has 1 aliphatic heterocycles. The second-order valence-corrected chi connectivity index (χ2v) is 9.56. The number of nitrogens with zero attached hydrogens (tertiary/aromatic N) is 1. The van der Waals surface area contributed by atoms with Crippen LogP contribution >= 0.6 is 0 Å². The maximum absolute atomic E-state index is 12.6. The third-order valence-corrected chi connectivity index (χ3v) is 7.40. The fraction of sp³-hybridized carbons (Fsp3) is 0.423. The molecule has 34 heavy (non-hydrogen) atoms. The van der Waals surface area contributed by atoms with Crippen molar-refractivity contribution in [1.82, 2.24) is 10.2 Å². The lowest BCUT2D eigenvalue weighted by Crippen LogP contribution is -2.67. The lowest BCUT2D eigenvalue weighted by Gasteiger charge is -2.43. The van der Waals surface area contributed by atoms with Crippen molar-refractivity contribution in [2.24, 2.45) is 5.92 Å². The summed E-state index contributed by atoms with van der Waals surface area (Å²) < 4.78 is 5.64. The molecule has 5 rings (SSSR count). The fourth-order valence-electron chi connectivity index (χ4n) is 5.51. The van der Waals surface area contributed by atoms with Gasteiger partial charge in [0.15, 0.2) is 5.60 Å². The molecule has 1 saturated carbocycles. The minimum atomic E-state index is -1.84. The van der Waals surface area contributed by atoms with Crippen LogP contribution in [0.4, 0.5) is 4.79 Å². The van der Waals surface area contributed by atoms with E-state index in [-0.39, 0.29) is 49.9 Å². The number of likely N-dealkylation sites (tertiary alicyclic amines) is 1. The van der Waals surface area contributed by atoms with Crippen molar-refractivity contribution < 1.29 is 29.3 Å². The molecule has 0 aromatic heterocycles. The molecule has 2 atom stereocenters. The van der Waals surface area contributed by atoms with E-state index < -0.39 is 17.7 Å². The van der Waals surface area contributed by atoms with Crippen molar-refractivity contribution in [3.05, 3.63) is 59.7 Å². The van der Waals surface area contributed by atoms with E-state index >= 15 is 0 Å². The first-order valence-corrected chi connectivity index (χ1v) is 11.7. The van der Waals surface area contributed by atoms with Crippen LogP contribution in [-0.4, -0.2) is 64.4 Å². The molecule has 2 aliphatic carbocycles. The first kappa shape index (κ1) is 22.4. The van der Waals surface area contributed by atoms with Crippen LogP contribution in [0.5, 0.6) is 0 Å². The molecular formula is C26H28N2O6. The molecule has 178 valence electrons. The van der Waals surface area contributed by atoms with Gasteiger partial charge < -0.3 is 25.2 Å². The molecule has 0 bridgehead atoms. The van der Waals surface area contributed by atoms with Gasteiger partial charge in [0, 0.05) is 18.4 Å². The maximum atomic E-state index is 12.6. The van der Waals surface area contributed by atoms with E-state index in [9.17, 15) is 19.5 Å². The molecular weight excluding hydrogens is 436 g/mol. The van der Waals surface area contributed by atoms with Crippen LogP contribution in [0, 0.1) is 5.92 Å². The number of ether oxygens (including phenoxy) is 1. The molecule has 3 aliphatic rings. The number of β-amino-alcohol motifs (C(OH)–C–C–N with tert-alkyl or cyclic N) is 1. The van der Waals surface area contributed by atoms with Crippen LogP contribution in [0.25, 0.3) is 11.1 Å². The van der Waals surface area contributed by atoms with Crippen molar-refractivity contribution in [2.45, 2.75) is 43.2 Å². The quantitative estimate of drug-likeness (QED) is 0.605. The third-order valence-electron chi connectivity index (χ3n) is 7.40. The summed E-state index contributed by atoms with van der Waals surface area (Å²) in [5.41, 5.74) is 2.79. The Morgan fingerprint density at radius 1 is 1.00 bits per heavy atom. The summed E-state index contributed by atoms with van der Waals surface area (Å²) in [5, 5.41) is 21.8. The number of hydrogen-bond acceptors (Lipinski definition) is 5. The largest absolute Gasteiger partial charge is 0.479 e. The van der Waals surface area contributed by atoms with Crippen LogP contribution in [0.1, 0.15) is 42.7 Å². The first-order chi connectivity index (χ1) is 16.4. The van der Waals surface area contributed by atoms with Crippen LogP contribution in [-0.2, 0) is 14.3 Å². The normalized spacial score (nSPS) is 22.4. The van der Waals surface area contributed by atoms with E-state index in [1.807, 2.05) is 24.3 Å². The third kappa shape index (κ3) is 4.03. The molecule has 1 heterocycles. The number of carboxylic acid groups (broad SMARTS) is 1. The number of carbonyl (C=O) groups is 3. The van der Waals surface area contributed by atoms with Gasteiger partial charge in [-0.1, -0.05) is 55.0 Å². The Morgan fingerprint density at radius 3 is 2.24 bits per heavy atom. The predicted molar refractivity (Wildman–Crippen MR) is 123 cm³/mol. The number of carboxylic acids is 1. The van der Waals surface area contributed by atoms with Gasteiger partial charge >= 0.3 is 12.1 Å². The number of fused-ring (bicyclic) bond motifs is 3. The zero-order chi connectivity index (χ0) is 23.9. The monoisotopic (exact) mass is 464 g/mol. The Kier molecular flexibility index (Phi) is 5.77. The smallest absolute Gasteiger partial charge is 0.407 e. The fourth-order valence-corrected chi connectivity index (χ4v) is 5.51. The summed E-state index contributed by atoms with van der Waals surface area (Å²) in [5.74, 6) is -1.56. The van der Waals surface area contributed by atoms with Gasteiger partial charge in [0.25, 0.3) is 0 Å². The number of aliphatic hydroxyl groups is 1. The van der Waals surface area contributed by atoms with E-state index in [4.69, 9.17) is 9.84 Å². The van der Waals surface area contributed by atoms with Gasteiger partial charge in [0.05, 0.1) is 13.1 Å². The molecule has 3 N–H and O–H groups in total. The number of benzene rings is 2. The Balaban J connectivity index is 1.15. The second-order valence-electron chi connectivity index (χ2n) is 9.56. The summed E-state index contributed by atoms with van der Waals surface area (Å²) in [6.45, 7) is -0.158. The second kappa shape index (κ2) is 8.76. The number of nitrogens with one attached hydrogen (secondary N) is 1. The maximum Gasteiger partial charge on any atom is 0.407 e. The van der Waals surface area contributed by atoms with Crippen molar-refractivity contribution >= 4 is 18.0 Å². The average Bonchev–Trinajstić information content (AvgIpc) is 3.37. The number of aliphatic carboxylic acids is 1. The molecule has 2 aromatic rings. The molecule has 0 spiro atoms. The number of hydrogen-bond donors (Lipinski definition) is 3. The Hall–Kier alpha value is -3.39. The van der Waals surface area contributed by atoms with Gasteiger partial charge in [-0.05, 0) is 41.0 Å². The topological polar surface area (TPSA) is 116 Å². The van der Waals surface area contributed by atoms with Gasteiger partial charge in [-0.3, -0.25) is 4.79 Å². The Labute approximate surface area is 197 Å². The van der Waals surface area contributed by atoms with Crippen LogP contribution in [0.15, 0.2) is 48.5 Å². The summed E-state index contributed by atoms with van der Waals surface area (Å²) in [4.78, 5) is 37.6. The van der Waals surface area contributed by atoms with Crippen LogP contribution < -0.4 is 5.32 Å². The molecule has 8 heteroatoms. The van der Waals surface area contributed by atoms with Crippen molar-refractivity contribution in [2.75, 3.05) is 19.7 Å². The molecule has 2 aromatic carbocycles. The Bertz CT molecular complexity index is 1080. The average molecular weight is 465 g/mol. The van der Waals surface area contributed by atoms with Gasteiger partial charge in [-0.2, -0.15) is 0 Å². The molecule has 2 fully saturated rings. The molecule has 0 radical (unpaired) electrons. The highest BCUT2D eigenvalue weighted by Gasteiger charge is 2.50. The van der Waals surface area contributed by atoms with E-state index in [1.54, 1.807) is 0 Å². The molecule has 2 unspecified atom stereocenters. The SMILES string of the molecule is O=C(NC1CCCC1CC(=O)N1CC(O)(C(=O)O)C1)OCC1c2ccccc2-c2ccccc21. The van der Waals surface area contributed by atoms with Crippen molar-refractivity contribution in [1.29, 1.82) is 0 Å². The first-order valence-electron chi connectivity index (χ1n) is 11.7. The van der Waals surface area contributed by atoms with Gasteiger partial charge in [-0.25, -0.2) is 9.59 Å². The lowest BCUT2D eigenvalue weighted by molar-refractivity contribution is -0.182. The van der Waals surface area contributed by atoms with Gasteiger partial charge in [0.2, 0.25) is 5.91 Å². The standard InChI is InChI=1S/C26H28N2O6/c29-23(28-14-26(33,15-28)24(30)31)12-16-6-5-11-22(16)27-25(32)34-13-21-19-9-3-1-7-17(19)18-8-2-4-10-20(18)21/h1-4,7-10,16,21-22,33H,5-6,11-15H2,(H,27,32)(H,30,31). The number of rotatable bonds is 6. The van der Waals surface area contributed by atoms with E-state index in [0.717, 1.165) is 30.4 Å². The zero-order valence-electron chi connectivity index (χ0n) is 18.8. The summed E-state index contributed by atoms with van der Waals surface area (Å²) in [6.07, 6.45) is 2.18. The Morgan fingerprint density at radius 2 is 1.62 bits per heavy atom. The highest BCUT2D eigenvalue weighted by Crippen LogP contribution is 2.44. The number of amides is 2. The van der Waals surface area contributed by atoms with Crippen LogP contribution in [0.2, 0.25) is 0 Å². The van der Waals surface area contributed by atoms with Crippen molar-refractivity contribution in [3.63, 3.8) is 0 Å². The highest BCUT2D eigenvalue weighted by molar-refractivity contribution is 5.85. The van der Waals surface area contributed by atoms with E-state index in [1.165, 1.54) is 16.0 Å². The molecule has 2 amide bonds. The van der Waals surface area contributed by atoms with Crippen molar-refractivity contribution in [3.8, 4) is 11.1 Å². The van der Waals surface area contributed by atoms with Crippen LogP contribution in [0.3, 0.4) is 0 Å². The summed E-state index contributed by atoms with van der Waals surface area (Å²) >= 11 is 0. The lowest BCUT2D eigenvalue weighted by atomic mass is 9.92. The van der Waals surface area contributed by atoms with Gasteiger partial charge in [0.1, 0.15) is 6.61 Å². The summed E-state index contributed by atoms with van der Waals surface area (Å²) in [6, 6.07) is 16.2. The van der Waals surface area contributed by atoms with Gasteiger partial charge in [-0.15, -0.1) is 0 Å². The van der Waals surface area contributed by atoms with E-state index in [0.29, 0.717) is 0 Å². The predicted octanol–water partition coefficient (Wildman–Crippen LogP) is 2.74. The minimum Gasteiger partial charge on any atom is -0.479 e. The number of alkyl carbamates (subject to hydrolysis) is 1. The number of carbonyl (C=O) groups excluding carboxylic acids is 2. The molecule has 8 nitrogen and oxygen atoms in total. The minimum absolute atomic E-state index is 0.0153. The van der Waals surface area contributed by atoms with E-state index in [2.05, 4.69) is 29.6 Å². The molecule has 1 saturated heterocycles. The highest BCUT2D eigenvalue weighted by atomic mass is 16.5.